The highest BCUT2D eigenvalue weighted by Gasteiger charge is 2.20. The number of halogens is 3. The number of benzene rings is 1. The van der Waals surface area contributed by atoms with E-state index in [1.165, 1.54) is 17.0 Å². The van der Waals surface area contributed by atoms with Crippen molar-refractivity contribution in [3.8, 4) is 16.9 Å². The first-order valence-electron chi connectivity index (χ1n) is 9.17. The van der Waals surface area contributed by atoms with Crippen LogP contribution >= 0.6 is 23.2 Å². The van der Waals surface area contributed by atoms with Crippen LogP contribution in [-0.4, -0.2) is 39.7 Å². The van der Waals surface area contributed by atoms with Gasteiger partial charge in [0.05, 0.1) is 16.9 Å². The molecular formula is C21H21Cl2FN4O2. The summed E-state index contributed by atoms with van der Waals surface area (Å²) < 4.78 is 21.5. The second kappa shape index (κ2) is 9.02. The summed E-state index contributed by atoms with van der Waals surface area (Å²) in [7, 11) is 3.39. The monoisotopic (exact) mass is 450 g/mol. The summed E-state index contributed by atoms with van der Waals surface area (Å²) in [4.78, 5) is 17.8. The van der Waals surface area contributed by atoms with Gasteiger partial charge in [-0.05, 0) is 32.0 Å². The second-order valence-electron chi connectivity index (χ2n) is 7.04. The highest BCUT2D eigenvalue weighted by molar-refractivity contribution is 6.36. The van der Waals surface area contributed by atoms with E-state index in [4.69, 9.17) is 27.9 Å². The first-order chi connectivity index (χ1) is 14.2. The van der Waals surface area contributed by atoms with Crippen LogP contribution in [0.15, 0.2) is 36.8 Å². The molecule has 1 aromatic carbocycles. The Morgan fingerprint density at radius 2 is 2.00 bits per heavy atom. The molecule has 0 saturated carbocycles. The Hall–Kier alpha value is -2.64. The number of ether oxygens (including phenoxy) is 1. The van der Waals surface area contributed by atoms with Crippen molar-refractivity contribution in [2.75, 3.05) is 14.1 Å². The number of aryl methyl sites for hydroxylation is 1. The predicted octanol–water partition coefficient (Wildman–Crippen LogP) is 4.93. The summed E-state index contributed by atoms with van der Waals surface area (Å²) in [5.74, 6) is -0.114. The SMILES string of the molecule is Cc1ncc(-c2cnn(CC(=O)N(C)C)c2)cc1OC(C)c1c(Cl)ccc(F)c1Cl. The average Bonchev–Trinajstić information content (AvgIpc) is 3.15. The molecule has 0 N–H and O–H groups in total. The van der Waals surface area contributed by atoms with Gasteiger partial charge < -0.3 is 9.64 Å². The molecule has 0 aliphatic rings. The van der Waals surface area contributed by atoms with Crippen molar-refractivity contribution in [2.24, 2.45) is 0 Å². The smallest absolute Gasteiger partial charge is 0.243 e. The number of aromatic nitrogens is 3. The molecule has 0 aliphatic carbocycles. The van der Waals surface area contributed by atoms with Gasteiger partial charge in [-0.1, -0.05) is 23.2 Å². The van der Waals surface area contributed by atoms with Gasteiger partial charge in [-0.2, -0.15) is 5.10 Å². The van der Waals surface area contributed by atoms with Gasteiger partial charge in [0, 0.05) is 48.2 Å². The van der Waals surface area contributed by atoms with E-state index in [1.54, 1.807) is 51.2 Å². The van der Waals surface area contributed by atoms with E-state index in [1.807, 2.05) is 6.07 Å². The molecule has 9 heteroatoms. The Labute approximate surface area is 184 Å². The Morgan fingerprint density at radius 3 is 2.70 bits per heavy atom. The highest BCUT2D eigenvalue weighted by Crippen LogP contribution is 2.36. The standard InChI is InChI=1S/C21H21Cl2FN4O2/c1-12-18(30-13(2)20-16(22)5-6-17(24)21(20)23)7-14(8-25-12)15-9-26-28(10-15)11-19(29)27(3)4/h5-10,13H,11H2,1-4H3. The van der Waals surface area contributed by atoms with Gasteiger partial charge in [0.15, 0.2) is 0 Å². The third-order valence-corrected chi connectivity index (χ3v) is 5.31. The molecule has 0 fully saturated rings. The molecule has 0 bridgehead atoms. The summed E-state index contributed by atoms with van der Waals surface area (Å²) in [6.07, 6.45) is 4.52. The number of hydrogen-bond acceptors (Lipinski definition) is 4. The quantitative estimate of drug-likeness (QED) is 0.499. The van der Waals surface area contributed by atoms with Gasteiger partial charge in [-0.25, -0.2) is 4.39 Å². The number of likely N-dealkylation sites (N-methyl/N-ethyl adjacent to an activating group) is 1. The van der Waals surface area contributed by atoms with E-state index in [2.05, 4.69) is 10.1 Å². The molecular weight excluding hydrogens is 430 g/mol. The molecule has 3 rings (SSSR count). The third kappa shape index (κ3) is 4.74. The molecule has 1 amide bonds. The molecule has 0 aliphatic heterocycles. The van der Waals surface area contributed by atoms with Crippen molar-refractivity contribution < 1.29 is 13.9 Å². The number of hydrogen-bond donors (Lipinski definition) is 0. The number of rotatable bonds is 6. The lowest BCUT2D eigenvalue weighted by Crippen LogP contribution is -2.26. The molecule has 2 aromatic heterocycles. The minimum Gasteiger partial charge on any atom is -0.484 e. The Balaban J connectivity index is 1.85. The second-order valence-corrected chi connectivity index (χ2v) is 7.82. The van der Waals surface area contributed by atoms with E-state index in [-0.39, 0.29) is 17.5 Å². The molecule has 1 atom stereocenters. The minimum absolute atomic E-state index is 0.0617. The van der Waals surface area contributed by atoms with E-state index < -0.39 is 11.9 Å². The third-order valence-electron chi connectivity index (χ3n) is 4.59. The van der Waals surface area contributed by atoms with Gasteiger partial charge in [0.1, 0.15) is 24.2 Å². The minimum atomic E-state index is -0.600. The summed E-state index contributed by atoms with van der Waals surface area (Å²) in [6, 6.07) is 4.48. The number of carbonyl (C=O) groups excluding carboxylic acids is 1. The number of nitrogens with zero attached hydrogens (tertiary/aromatic N) is 4. The van der Waals surface area contributed by atoms with E-state index in [9.17, 15) is 9.18 Å². The summed E-state index contributed by atoms with van der Waals surface area (Å²) in [5.41, 5.74) is 2.58. The van der Waals surface area contributed by atoms with Gasteiger partial charge in [0.25, 0.3) is 0 Å². The molecule has 30 heavy (non-hydrogen) atoms. The fraction of sp³-hybridized carbons (Fsp3) is 0.286. The summed E-state index contributed by atoms with van der Waals surface area (Å²) >= 11 is 12.3. The number of pyridine rings is 1. The zero-order chi connectivity index (χ0) is 22.0. The molecule has 1 unspecified atom stereocenters. The van der Waals surface area contributed by atoms with Crippen LogP contribution in [0, 0.1) is 12.7 Å². The Morgan fingerprint density at radius 1 is 1.27 bits per heavy atom. The van der Waals surface area contributed by atoms with Crippen LogP contribution in [0.2, 0.25) is 10.0 Å². The molecule has 2 heterocycles. The van der Waals surface area contributed by atoms with Gasteiger partial charge in [-0.3, -0.25) is 14.5 Å². The largest absolute Gasteiger partial charge is 0.484 e. The fourth-order valence-electron chi connectivity index (χ4n) is 2.83. The maximum absolute atomic E-state index is 13.9. The van der Waals surface area contributed by atoms with E-state index in [0.29, 0.717) is 22.0 Å². The zero-order valence-corrected chi connectivity index (χ0v) is 18.5. The normalized spacial score (nSPS) is 12.0. The van der Waals surface area contributed by atoms with Gasteiger partial charge in [0.2, 0.25) is 5.91 Å². The fourth-order valence-corrected chi connectivity index (χ4v) is 3.51. The molecule has 158 valence electrons. The molecule has 0 radical (unpaired) electrons. The lowest BCUT2D eigenvalue weighted by atomic mass is 10.1. The maximum Gasteiger partial charge on any atom is 0.243 e. The van der Waals surface area contributed by atoms with Gasteiger partial charge in [-0.15, -0.1) is 0 Å². The van der Waals surface area contributed by atoms with Crippen molar-refractivity contribution in [3.05, 3.63) is 63.9 Å². The van der Waals surface area contributed by atoms with Crippen LogP contribution in [0.5, 0.6) is 5.75 Å². The Bertz CT molecular complexity index is 1080. The van der Waals surface area contributed by atoms with Crippen LogP contribution in [0.3, 0.4) is 0 Å². The average molecular weight is 451 g/mol. The lowest BCUT2D eigenvalue weighted by molar-refractivity contribution is -0.129. The van der Waals surface area contributed by atoms with E-state index in [0.717, 1.165) is 11.1 Å². The number of carbonyl (C=O) groups is 1. The van der Waals surface area contributed by atoms with Crippen LogP contribution in [0.4, 0.5) is 4.39 Å². The number of amides is 1. The maximum atomic E-state index is 13.9. The van der Waals surface area contributed by atoms with Crippen molar-refractivity contribution in [1.29, 1.82) is 0 Å². The van der Waals surface area contributed by atoms with Crippen molar-refractivity contribution >= 4 is 29.1 Å². The van der Waals surface area contributed by atoms with Crippen molar-refractivity contribution in [3.63, 3.8) is 0 Å². The molecule has 0 spiro atoms. The molecule has 0 saturated heterocycles. The first-order valence-corrected chi connectivity index (χ1v) is 9.92. The topological polar surface area (TPSA) is 60.2 Å². The zero-order valence-electron chi connectivity index (χ0n) is 17.0. The van der Waals surface area contributed by atoms with Crippen molar-refractivity contribution in [2.45, 2.75) is 26.5 Å². The molecule has 3 aromatic rings. The van der Waals surface area contributed by atoms with E-state index >= 15 is 0 Å². The van der Waals surface area contributed by atoms with Crippen LogP contribution in [0.25, 0.3) is 11.1 Å². The summed E-state index contributed by atoms with van der Waals surface area (Å²) in [6.45, 7) is 3.69. The summed E-state index contributed by atoms with van der Waals surface area (Å²) in [5, 5.41) is 4.49. The van der Waals surface area contributed by atoms with Gasteiger partial charge >= 0.3 is 0 Å². The molecule has 6 nitrogen and oxygen atoms in total. The van der Waals surface area contributed by atoms with Crippen LogP contribution in [0.1, 0.15) is 24.3 Å². The first kappa shape index (κ1) is 22.1. The van der Waals surface area contributed by atoms with Crippen molar-refractivity contribution in [1.82, 2.24) is 19.7 Å². The van der Waals surface area contributed by atoms with Crippen LogP contribution in [-0.2, 0) is 11.3 Å². The lowest BCUT2D eigenvalue weighted by Gasteiger charge is -2.19. The predicted molar refractivity (Wildman–Crippen MR) is 114 cm³/mol. The Kier molecular flexibility index (Phi) is 6.63. The van der Waals surface area contributed by atoms with Crippen LogP contribution < -0.4 is 4.74 Å². The highest BCUT2D eigenvalue weighted by atomic mass is 35.5.